The molecule has 3 aromatic rings. The summed E-state index contributed by atoms with van der Waals surface area (Å²) in [6, 6.07) is 13.9. The molecule has 0 fully saturated rings. The fourth-order valence-corrected chi connectivity index (χ4v) is 4.13. The normalized spacial score (nSPS) is 16.3. The van der Waals surface area contributed by atoms with Gasteiger partial charge in [-0.15, -0.1) is 0 Å². The molecule has 4 rings (SSSR count). The molecule has 2 heterocycles. The van der Waals surface area contributed by atoms with Gasteiger partial charge in [-0.1, -0.05) is 22.9 Å². The van der Waals surface area contributed by atoms with Gasteiger partial charge in [0.25, 0.3) is 10.1 Å². The van der Waals surface area contributed by atoms with Crippen molar-refractivity contribution in [3.63, 3.8) is 0 Å². The Hall–Kier alpha value is -2.16. The summed E-state index contributed by atoms with van der Waals surface area (Å²) in [5.74, 6) is 1.18. The SMILES string of the molecule is CCc1ccc2c3c(ccc2n1)OC[C@H](COS(=O)(=O)c1ccc(Br)cc1)O3. The van der Waals surface area contributed by atoms with Crippen molar-refractivity contribution in [2.75, 3.05) is 13.2 Å². The van der Waals surface area contributed by atoms with Gasteiger partial charge in [0.15, 0.2) is 17.6 Å². The van der Waals surface area contributed by atoms with Crippen molar-refractivity contribution in [2.24, 2.45) is 0 Å². The molecule has 2 aromatic carbocycles. The third-order valence-electron chi connectivity index (χ3n) is 4.43. The zero-order valence-corrected chi connectivity index (χ0v) is 17.5. The lowest BCUT2D eigenvalue weighted by Crippen LogP contribution is -2.34. The van der Waals surface area contributed by atoms with Crippen LogP contribution in [-0.2, 0) is 20.7 Å². The van der Waals surface area contributed by atoms with Gasteiger partial charge in [0.05, 0.1) is 10.4 Å². The highest BCUT2D eigenvalue weighted by molar-refractivity contribution is 9.10. The molecule has 0 unspecified atom stereocenters. The number of halogens is 1. The minimum Gasteiger partial charge on any atom is -0.486 e. The van der Waals surface area contributed by atoms with Gasteiger partial charge in [0.2, 0.25) is 0 Å². The Bertz CT molecular complexity index is 1120. The van der Waals surface area contributed by atoms with E-state index in [1.54, 1.807) is 12.1 Å². The van der Waals surface area contributed by atoms with Crippen LogP contribution in [-0.4, -0.2) is 32.7 Å². The van der Waals surface area contributed by atoms with E-state index >= 15 is 0 Å². The summed E-state index contributed by atoms with van der Waals surface area (Å²) in [6.07, 6.45) is 0.295. The van der Waals surface area contributed by atoms with E-state index in [0.29, 0.717) is 11.5 Å². The molecule has 0 aliphatic carbocycles. The van der Waals surface area contributed by atoms with Gasteiger partial charge in [-0.25, -0.2) is 0 Å². The summed E-state index contributed by atoms with van der Waals surface area (Å²) in [4.78, 5) is 4.68. The third-order valence-corrected chi connectivity index (χ3v) is 6.25. The maximum Gasteiger partial charge on any atom is 0.297 e. The molecule has 1 atom stereocenters. The molecule has 1 aliphatic rings. The lowest BCUT2D eigenvalue weighted by molar-refractivity contribution is 0.0571. The highest BCUT2D eigenvalue weighted by Gasteiger charge is 2.26. The summed E-state index contributed by atoms with van der Waals surface area (Å²) in [6.45, 7) is 2.11. The molecular formula is C20H18BrNO5S. The van der Waals surface area contributed by atoms with Crippen LogP contribution >= 0.6 is 15.9 Å². The molecule has 1 aliphatic heterocycles. The summed E-state index contributed by atoms with van der Waals surface area (Å²) < 4.78 is 42.5. The molecule has 0 amide bonds. The van der Waals surface area contributed by atoms with Crippen molar-refractivity contribution in [3.8, 4) is 11.5 Å². The number of rotatable bonds is 5. The van der Waals surface area contributed by atoms with Crippen LogP contribution in [0.3, 0.4) is 0 Å². The van der Waals surface area contributed by atoms with Crippen LogP contribution in [0.4, 0.5) is 0 Å². The van der Waals surface area contributed by atoms with E-state index in [-0.39, 0.29) is 18.1 Å². The van der Waals surface area contributed by atoms with Gasteiger partial charge >= 0.3 is 0 Å². The minimum atomic E-state index is -3.87. The molecule has 146 valence electrons. The predicted octanol–water partition coefficient (Wildman–Crippen LogP) is 4.11. The smallest absolute Gasteiger partial charge is 0.297 e. The number of benzene rings is 2. The van der Waals surface area contributed by atoms with Crippen LogP contribution in [0.5, 0.6) is 11.5 Å². The van der Waals surface area contributed by atoms with Crippen LogP contribution in [0, 0.1) is 0 Å². The van der Waals surface area contributed by atoms with Crippen LogP contribution in [0.25, 0.3) is 10.9 Å². The Balaban J connectivity index is 1.52. The van der Waals surface area contributed by atoms with E-state index in [2.05, 4.69) is 20.9 Å². The molecule has 28 heavy (non-hydrogen) atoms. The van der Waals surface area contributed by atoms with E-state index in [9.17, 15) is 8.42 Å². The third kappa shape index (κ3) is 3.85. The van der Waals surface area contributed by atoms with Crippen molar-refractivity contribution < 1.29 is 22.1 Å². The Morgan fingerprint density at radius 2 is 1.93 bits per heavy atom. The first kappa shape index (κ1) is 19.2. The summed E-state index contributed by atoms with van der Waals surface area (Å²) >= 11 is 3.28. The van der Waals surface area contributed by atoms with Gasteiger partial charge in [-0.05, 0) is 55.0 Å². The van der Waals surface area contributed by atoms with Crippen molar-refractivity contribution in [1.82, 2.24) is 4.98 Å². The predicted molar refractivity (Wildman–Crippen MR) is 108 cm³/mol. The molecule has 0 bridgehead atoms. The zero-order valence-electron chi connectivity index (χ0n) is 15.1. The minimum absolute atomic E-state index is 0.0922. The van der Waals surface area contributed by atoms with Crippen molar-refractivity contribution in [3.05, 3.63) is 58.7 Å². The quantitative estimate of drug-likeness (QED) is 0.530. The molecule has 0 N–H and O–H groups in total. The van der Waals surface area contributed by atoms with Crippen LogP contribution < -0.4 is 9.47 Å². The largest absolute Gasteiger partial charge is 0.486 e. The molecular weight excluding hydrogens is 446 g/mol. The summed E-state index contributed by atoms with van der Waals surface area (Å²) in [5, 5.41) is 0.829. The average Bonchev–Trinajstić information content (AvgIpc) is 2.72. The average molecular weight is 464 g/mol. The highest BCUT2D eigenvalue weighted by Crippen LogP contribution is 2.38. The van der Waals surface area contributed by atoms with E-state index in [4.69, 9.17) is 13.7 Å². The Labute approximate surface area is 171 Å². The lowest BCUT2D eigenvalue weighted by atomic mass is 10.1. The number of nitrogens with zero attached hydrogens (tertiary/aromatic N) is 1. The maximum absolute atomic E-state index is 12.4. The van der Waals surface area contributed by atoms with Crippen molar-refractivity contribution >= 4 is 37.0 Å². The first-order valence-corrected chi connectivity index (χ1v) is 11.0. The fraction of sp³-hybridized carbons (Fsp3) is 0.250. The van der Waals surface area contributed by atoms with Gasteiger partial charge in [-0.2, -0.15) is 8.42 Å². The van der Waals surface area contributed by atoms with Crippen molar-refractivity contribution in [1.29, 1.82) is 0 Å². The maximum atomic E-state index is 12.4. The molecule has 0 saturated carbocycles. The number of fused-ring (bicyclic) bond motifs is 3. The second-order valence-corrected chi connectivity index (χ2v) is 8.89. The number of pyridine rings is 1. The molecule has 1 aromatic heterocycles. The molecule has 0 radical (unpaired) electrons. The van der Waals surface area contributed by atoms with E-state index < -0.39 is 16.2 Å². The van der Waals surface area contributed by atoms with Gasteiger partial charge in [0.1, 0.15) is 13.2 Å². The second kappa shape index (κ2) is 7.69. The molecule has 8 heteroatoms. The van der Waals surface area contributed by atoms with Crippen LogP contribution in [0.2, 0.25) is 0 Å². The van der Waals surface area contributed by atoms with Gasteiger partial charge in [0, 0.05) is 15.6 Å². The number of hydrogen-bond acceptors (Lipinski definition) is 6. The van der Waals surface area contributed by atoms with Crippen LogP contribution in [0.1, 0.15) is 12.6 Å². The van der Waals surface area contributed by atoms with Crippen LogP contribution in [0.15, 0.2) is 57.9 Å². The monoisotopic (exact) mass is 463 g/mol. The molecule has 0 spiro atoms. The Morgan fingerprint density at radius 1 is 1.14 bits per heavy atom. The molecule has 0 saturated heterocycles. The summed E-state index contributed by atoms with van der Waals surface area (Å²) in [5.41, 5.74) is 1.80. The van der Waals surface area contributed by atoms with Gasteiger partial charge in [-0.3, -0.25) is 9.17 Å². The zero-order chi connectivity index (χ0) is 19.7. The number of hydrogen-bond donors (Lipinski definition) is 0. The standard InChI is InChI=1S/C20H18BrNO5S/c1-2-14-5-8-17-18(22-14)9-10-19-20(17)27-15(11-25-19)12-26-28(23,24)16-6-3-13(21)4-7-16/h3-10,15H,2,11-12H2,1H3/t15-/m1/s1. The van der Waals surface area contributed by atoms with E-state index in [1.807, 2.05) is 31.2 Å². The Morgan fingerprint density at radius 3 is 2.68 bits per heavy atom. The van der Waals surface area contributed by atoms with E-state index in [0.717, 1.165) is 27.5 Å². The fourth-order valence-electron chi connectivity index (χ4n) is 2.93. The Kier molecular flexibility index (Phi) is 5.27. The van der Waals surface area contributed by atoms with Gasteiger partial charge < -0.3 is 9.47 Å². The first-order valence-electron chi connectivity index (χ1n) is 8.83. The number of ether oxygens (including phenoxy) is 2. The molecule has 6 nitrogen and oxygen atoms in total. The van der Waals surface area contributed by atoms with E-state index in [1.165, 1.54) is 12.1 Å². The summed E-state index contributed by atoms with van der Waals surface area (Å²) in [7, 11) is -3.87. The van der Waals surface area contributed by atoms with Crippen molar-refractivity contribution in [2.45, 2.75) is 24.3 Å². The number of aryl methyl sites for hydroxylation is 1. The topological polar surface area (TPSA) is 74.7 Å². The first-order chi connectivity index (χ1) is 13.5. The lowest BCUT2D eigenvalue weighted by Gasteiger charge is -2.27. The second-order valence-electron chi connectivity index (χ2n) is 6.36. The number of aromatic nitrogens is 1. The highest BCUT2D eigenvalue weighted by atomic mass is 79.9.